The van der Waals surface area contributed by atoms with Crippen LogP contribution >= 0.6 is 0 Å². The van der Waals surface area contributed by atoms with Crippen molar-refractivity contribution in [3.63, 3.8) is 0 Å². The van der Waals surface area contributed by atoms with Crippen molar-refractivity contribution >= 4 is 0 Å². The first-order valence-corrected chi connectivity index (χ1v) is 6.06. The third-order valence-electron chi connectivity index (χ3n) is 2.63. The van der Waals surface area contributed by atoms with Crippen LogP contribution in [0.5, 0.6) is 0 Å². The number of likely N-dealkylation sites (N-methyl/N-ethyl adjacent to an activating group) is 1. The van der Waals surface area contributed by atoms with Crippen LogP contribution in [0.1, 0.15) is 38.2 Å². The molecule has 0 amide bonds. The second kappa shape index (κ2) is 6.66. The molecule has 1 N–H and O–H groups in total. The lowest BCUT2D eigenvalue weighted by Crippen LogP contribution is -2.27. The predicted octanol–water partition coefficient (Wildman–Crippen LogP) is 1.67. The van der Waals surface area contributed by atoms with Gasteiger partial charge in [-0.15, -0.1) is 0 Å². The zero-order chi connectivity index (χ0) is 12.0. The molecule has 1 aromatic rings. The molecule has 0 aliphatic heterocycles. The van der Waals surface area contributed by atoms with Crippen LogP contribution < -0.4 is 5.32 Å². The number of aryl methyl sites for hydroxylation is 2. The number of ether oxygens (including phenoxy) is 1. The summed E-state index contributed by atoms with van der Waals surface area (Å²) in [4.78, 5) is 0. The standard InChI is InChI=1S/C12H23N3O/c1-5-10-8-12(15(4)14-10)11(13-6-2)9-16-7-3/h8,11,13H,5-7,9H2,1-4H3. The number of aromatic nitrogens is 2. The molecular formula is C12H23N3O. The average molecular weight is 225 g/mol. The molecule has 0 radical (unpaired) electrons. The third-order valence-corrected chi connectivity index (χ3v) is 2.63. The first kappa shape index (κ1) is 13.2. The largest absolute Gasteiger partial charge is 0.380 e. The van der Waals surface area contributed by atoms with Crippen molar-refractivity contribution in [1.29, 1.82) is 0 Å². The molecule has 1 rings (SSSR count). The van der Waals surface area contributed by atoms with Crippen LogP contribution in [0.3, 0.4) is 0 Å². The van der Waals surface area contributed by atoms with Crippen LogP contribution in [0.15, 0.2) is 6.07 Å². The molecule has 92 valence electrons. The fourth-order valence-electron chi connectivity index (χ4n) is 1.77. The minimum Gasteiger partial charge on any atom is -0.380 e. The molecule has 0 spiro atoms. The van der Waals surface area contributed by atoms with E-state index in [1.165, 1.54) is 5.69 Å². The molecular weight excluding hydrogens is 202 g/mol. The average Bonchev–Trinajstić information content (AvgIpc) is 2.66. The molecule has 0 saturated carbocycles. The summed E-state index contributed by atoms with van der Waals surface area (Å²) >= 11 is 0. The van der Waals surface area contributed by atoms with Crippen molar-refractivity contribution in [2.75, 3.05) is 19.8 Å². The van der Waals surface area contributed by atoms with Gasteiger partial charge in [-0.05, 0) is 26.0 Å². The SMILES string of the molecule is CCNC(COCC)c1cc(CC)nn1C. The fourth-order valence-corrected chi connectivity index (χ4v) is 1.77. The minimum absolute atomic E-state index is 0.239. The lowest BCUT2D eigenvalue weighted by Gasteiger charge is -2.17. The maximum absolute atomic E-state index is 5.50. The van der Waals surface area contributed by atoms with E-state index in [0.717, 1.165) is 25.3 Å². The monoisotopic (exact) mass is 225 g/mol. The zero-order valence-corrected chi connectivity index (χ0v) is 10.8. The summed E-state index contributed by atoms with van der Waals surface area (Å²) in [6.45, 7) is 8.63. The number of hydrogen-bond acceptors (Lipinski definition) is 3. The molecule has 0 fully saturated rings. The highest BCUT2D eigenvalue weighted by molar-refractivity contribution is 5.14. The second-order valence-corrected chi connectivity index (χ2v) is 3.81. The fraction of sp³-hybridized carbons (Fsp3) is 0.750. The van der Waals surface area contributed by atoms with E-state index in [9.17, 15) is 0 Å². The van der Waals surface area contributed by atoms with Crippen LogP contribution in [0.25, 0.3) is 0 Å². The van der Waals surface area contributed by atoms with E-state index in [2.05, 4.69) is 30.3 Å². The van der Waals surface area contributed by atoms with Gasteiger partial charge >= 0.3 is 0 Å². The molecule has 0 saturated heterocycles. The van der Waals surface area contributed by atoms with Gasteiger partial charge in [0.2, 0.25) is 0 Å². The Balaban J connectivity index is 2.77. The Bertz CT molecular complexity index is 309. The molecule has 4 nitrogen and oxygen atoms in total. The Morgan fingerprint density at radius 3 is 2.69 bits per heavy atom. The van der Waals surface area contributed by atoms with Gasteiger partial charge < -0.3 is 10.1 Å². The Hall–Kier alpha value is -0.870. The number of nitrogens with one attached hydrogen (secondary N) is 1. The molecule has 0 aliphatic carbocycles. The van der Waals surface area contributed by atoms with E-state index in [1.54, 1.807) is 0 Å². The molecule has 0 aliphatic rings. The summed E-state index contributed by atoms with van der Waals surface area (Å²) in [6.07, 6.45) is 0.974. The Morgan fingerprint density at radius 2 is 2.19 bits per heavy atom. The van der Waals surface area contributed by atoms with Crippen LogP contribution in [-0.4, -0.2) is 29.5 Å². The highest BCUT2D eigenvalue weighted by Gasteiger charge is 2.15. The highest BCUT2D eigenvalue weighted by Crippen LogP contribution is 2.14. The smallest absolute Gasteiger partial charge is 0.0729 e. The second-order valence-electron chi connectivity index (χ2n) is 3.81. The highest BCUT2D eigenvalue weighted by atomic mass is 16.5. The van der Waals surface area contributed by atoms with E-state index in [0.29, 0.717) is 6.61 Å². The summed E-state index contributed by atoms with van der Waals surface area (Å²) in [6, 6.07) is 2.40. The molecule has 1 atom stereocenters. The van der Waals surface area contributed by atoms with E-state index >= 15 is 0 Å². The predicted molar refractivity (Wildman–Crippen MR) is 65.5 cm³/mol. The molecule has 1 unspecified atom stereocenters. The summed E-state index contributed by atoms with van der Waals surface area (Å²) in [5.74, 6) is 0. The summed E-state index contributed by atoms with van der Waals surface area (Å²) in [5, 5.41) is 7.89. The van der Waals surface area contributed by atoms with Crippen LogP contribution in [0.4, 0.5) is 0 Å². The lowest BCUT2D eigenvalue weighted by atomic mass is 10.2. The van der Waals surface area contributed by atoms with E-state index in [4.69, 9.17) is 4.74 Å². The third kappa shape index (κ3) is 3.32. The number of rotatable bonds is 7. The van der Waals surface area contributed by atoms with Gasteiger partial charge in [0.1, 0.15) is 0 Å². The van der Waals surface area contributed by atoms with Crippen LogP contribution in [-0.2, 0) is 18.2 Å². The van der Waals surface area contributed by atoms with Gasteiger partial charge in [0.25, 0.3) is 0 Å². The Morgan fingerprint density at radius 1 is 1.44 bits per heavy atom. The molecule has 0 aromatic carbocycles. The van der Waals surface area contributed by atoms with Crippen molar-refractivity contribution in [2.45, 2.75) is 33.2 Å². The topological polar surface area (TPSA) is 39.1 Å². The molecule has 1 heterocycles. The normalized spacial score (nSPS) is 13.0. The van der Waals surface area contributed by atoms with Gasteiger partial charge in [-0.3, -0.25) is 4.68 Å². The van der Waals surface area contributed by atoms with Crippen molar-refractivity contribution in [3.8, 4) is 0 Å². The Labute approximate surface area is 98.0 Å². The quantitative estimate of drug-likeness (QED) is 0.767. The number of nitrogens with zero attached hydrogens (tertiary/aromatic N) is 2. The first-order valence-electron chi connectivity index (χ1n) is 6.06. The van der Waals surface area contributed by atoms with Crippen molar-refractivity contribution in [3.05, 3.63) is 17.5 Å². The van der Waals surface area contributed by atoms with Gasteiger partial charge in [0.15, 0.2) is 0 Å². The maximum Gasteiger partial charge on any atom is 0.0729 e. The van der Waals surface area contributed by atoms with E-state index in [1.807, 2.05) is 18.7 Å². The van der Waals surface area contributed by atoms with Crippen molar-refractivity contribution in [2.24, 2.45) is 7.05 Å². The minimum atomic E-state index is 0.239. The number of hydrogen-bond donors (Lipinski definition) is 1. The van der Waals surface area contributed by atoms with Crippen molar-refractivity contribution < 1.29 is 4.74 Å². The Kier molecular flexibility index (Phi) is 5.49. The summed E-state index contributed by atoms with van der Waals surface area (Å²) in [7, 11) is 1.99. The van der Waals surface area contributed by atoms with Gasteiger partial charge in [-0.25, -0.2) is 0 Å². The van der Waals surface area contributed by atoms with Crippen molar-refractivity contribution in [1.82, 2.24) is 15.1 Å². The van der Waals surface area contributed by atoms with E-state index in [-0.39, 0.29) is 6.04 Å². The molecule has 1 aromatic heterocycles. The first-order chi connectivity index (χ1) is 7.72. The van der Waals surface area contributed by atoms with Crippen LogP contribution in [0, 0.1) is 0 Å². The van der Waals surface area contributed by atoms with E-state index < -0.39 is 0 Å². The summed E-state index contributed by atoms with van der Waals surface area (Å²) < 4.78 is 7.45. The maximum atomic E-state index is 5.50. The van der Waals surface area contributed by atoms with Gasteiger partial charge in [0, 0.05) is 13.7 Å². The lowest BCUT2D eigenvalue weighted by molar-refractivity contribution is 0.121. The van der Waals surface area contributed by atoms with Gasteiger partial charge in [-0.1, -0.05) is 13.8 Å². The molecule has 16 heavy (non-hydrogen) atoms. The van der Waals surface area contributed by atoms with Gasteiger partial charge in [0.05, 0.1) is 24.0 Å². The zero-order valence-electron chi connectivity index (χ0n) is 10.8. The molecule has 0 bridgehead atoms. The molecule has 4 heteroatoms. The van der Waals surface area contributed by atoms with Crippen LogP contribution in [0.2, 0.25) is 0 Å². The van der Waals surface area contributed by atoms with Gasteiger partial charge in [-0.2, -0.15) is 5.10 Å². The summed E-state index contributed by atoms with van der Waals surface area (Å²) in [5.41, 5.74) is 2.34.